The molecule has 1 aliphatic carbocycles. The van der Waals surface area contributed by atoms with Gasteiger partial charge in [0, 0.05) is 26.2 Å². The Morgan fingerprint density at radius 2 is 2.19 bits per heavy atom. The predicted octanol–water partition coefficient (Wildman–Crippen LogP) is 0.766. The van der Waals surface area contributed by atoms with E-state index in [2.05, 4.69) is 5.32 Å². The Balaban J connectivity index is 1.57. The molecule has 0 aromatic carbocycles. The number of nitrogens with zero attached hydrogens (tertiary/aromatic N) is 1. The first-order valence-electron chi connectivity index (χ1n) is 6.35. The van der Waals surface area contributed by atoms with E-state index in [9.17, 15) is 4.79 Å². The Hall–Kier alpha value is -0.610. The van der Waals surface area contributed by atoms with Gasteiger partial charge in [-0.25, -0.2) is 0 Å². The quantitative estimate of drug-likeness (QED) is 0.752. The van der Waals surface area contributed by atoms with Crippen LogP contribution in [0.3, 0.4) is 0 Å². The first-order chi connectivity index (χ1) is 7.77. The maximum atomic E-state index is 11.7. The minimum absolute atomic E-state index is 0.207. The van der Waals surface area contributed by atoms with Crippen LogP contribution in [0.5, 0.6) is 0 Å². The summed E-state index contributed by atoms with van der Waals surface area (Å²) < 4.78 is 5.59. The smallest absolute Gasteiger partial charge is 0.236 e. The molecule has 2 aliphatic rings. The zero-order chi connectivity index (χ0) is 11.4. The highest BCUT2D eigenvalue weighted by molar-refractivity contribution is 5.78. The van der Waals surface area contributed by atoms with E-state index in [0.29, 0.717) is 18.7 Å². The van der Waals surface area contributed by atoms with E-state index in [-0.39, 0.29) is 5.91 Å². The summed E-state index contributed by atoms with van der Waals surface area (Å²) in [7, 11) is 1.90. The average Bonchev–Trinajstić information content (AvgIpc) is 3.13. The number of hydrogen-bond acceptors (Lipinski definition) is 3. The molecular weight excluding hydrogens is 204 g/mol. The Bertz CT molecular complexity index is 235. The van der Waals surface area contributed by atoms with Crippen LogP contribution in [0.2, 0.25) is 0 Å². The number of carbonyl (C=O) groups is 1. The molecule has 1 saturated heterocycles. The van der Waals surface area contributed by atoms with Crippen LogP contribution >= 0.6 is 0 Å². The highest BCUT2D eigenvalue weighted by Crippen LogP contribution is 2.25. The summed E-state index contributed by atoms with van der Waals surface area (Å²) in [5.74, 6) is 0.207. The van der Waals surface area contributed by atoms with Gasteiger partial charge in [-0.1, -0.05) is 0 Å². The van der Waals surface area contributed by atoms with Crippen LogP contribution in [-0.4, -0.2) is 49.7 Å². The Morgan fingerprint density at radius 3 is 2.81 bits per heavy atom. The maximum Gasteiger partial charge on any atom is 0.236 e. The lowest BCUT2D eigenvalue weighted by Gasteiger charge is -2.23. The van der Waals surface area contributed by atoms with E-state index < -0.39 is 0 Å². The fraction of sp³-hybridized carbons (Fsp3) is 0.917. The first kappa shape index (κ1) is 11.9. The zero-order valence-electron chi connectivity index (χ0n) is 10.1. The lowest BCUT2D eigenvalue weighted by atomic mass is 10.1. The average molecular weight is 226 g/mol. The molecule has 1 N–H and O–H groups in total. The third kappa shape index (κ3) is 3.46. The lowest BCUT2D eigenvalue weighted by molar-refractivity contribution is -0.129. The van der Waals surface area contributed by atoms with Crippen molar-refractivity contribution in [2.75, 3.05) is 26.7 Å². The van der Waals surface area contributed by atoms with Crippen LogP contribution < -0.4 is 5.32 Å². The number of likely N-dealkylation sites (N-methyl/N-ethyl adjacent to an activating group) is 1. The third-order valence-corrected chi connectivity index (χ3v) is 3.41. The molecule has 1 amide bonds. The fourth-order valence-corrected chi connectivity index (χ4v) is 2.10. The molecule has 0 bridgehead atoms. The normalized spacial score (nSPS) is 25.4. The van der Waals surface area contributed by atoms with Crippen molar-refractivity contribution < 1.29 is 9.53 Å². The molecule has 0 aromatic heterocycles. The number of amides is 1. The van der Waals surface area contributed by atoms with Gasteiger partial charge in [0.2, 0.25) is 5.91 Å². The van der Waals surface area contributed by atoms with Gasteiger partial charge >= 0.3 is 0 Å². The molecule has 16 heavy (non-hydrogen) atoms. The largest absolute Gasteiger partial charge is 0.377 e. The lowest BCUT2D eigenvalue weighted by Crippen LogP contribution is -2.40. The van der Waals surface area contributed by atoms with Crippen molar-refractivity contribution in [3.05, 3.63) is 0 Å². The molecule has 1 atom stereocenters. The third-order valence-electron chi connectivity index (χ3n) is 3.41. The van der Waals surface area contributed by atoms with Crippen molar-refractivity contribution >= 4 is 5.91 Å². The molecule has 4 heteroatoms. The van der Waals surface area contributed by atoms with Gasteiger partial charge in [-0.15, -0.1) is 0 Å². The van der Waals surface area contributed by atoms with Crippen molar-refractivity contribution in [3.63, 3.8) is 0 Å². The summed E-state index contributed by atoms with van der Waals surface area (Å²) in [4.78, 5) is 13.6. The van der Waals surface area contributed by atoms with E-state index in [1.54, 1.807) is 0 Å². The first-order valence-corrected chi connectivity index (χ1v) is 6.35. The molecule has 0 radical (unpaired) electrons. The van der Waals surface area contributed by atoms with E-state index in [1.165, 1.54) is 25.7 Å². The van der Waals surface area contributed by atoms with E-state index in [1.807, 2.05) is 11.9 Å². The molecular formula is C12H22N2O2. The Kier molecular flexibility index (Phi) is 4.18. The van der Waals surface area contributed by atoms with Crippen molar-refractivity contribution in [1.29, 1.82) is 0 Å². The standard InChI is InChI=1S/C12H22N2O2/c1-14(10-5-6-10)12(15)9-13-8-11-4-2-3-7-16-11/h10-11,13H,2-9H2,1H3. The number of ether oxygens (including phenoxy) is 1. The summed E-state index contributed by atoms with van der Waals surface area (Å²) in [5.41, 5.74) is 0. The summed E-state index contributed by atoms with van der Waals surface area (Å²) >= 11 is 0. The predicted molar refractivity (Wildman–Crippen MR) is 62.3 cm³/mol. The van der Waals surface area contributed by atoms with Gasteiger partial charge in [0.15, 0.2) is 0 Å². The second kappa shape index (κ2) is 5.64. The Labute approximate surface area is 97.3 Å². The number of hydrogen-bond donors (Lipinski definition) is 1. The van der Waals surface area contributed by atoms with Gasteiger partial charge in [-0.3, -0.25) is 4.79 Å². The van der Waals surface area contributed by atoms with Gasteiger partial charge in [0.25, 0.3) is 0 Å². The van der Waals surface area contributed by atoms with Crippen LogP contribution in [-0.2, 0) is 9.53 Å². The van der Waals surface area contributed by atoms with Gasteiger partial charge in [-0.05, 0) is 32.1 Å². The van der Waals surface area contributed by atoms with Gasteiger partial charge in [-0.2, -0.15) is 0 Å². The molecule has 1 aliphatic heterocycles. The van der Waals surface area contributed by atoms with Crippen molar-refractivity contribution in [2.45, 2.75) is 44.2 Å². The fourth-order valence-electron chi connectivity index (χ4n) is 2.10. The van der Waals surface area contributed by atoms with E-state index in [0.717, 1.165) is 19.6 Å². The summed E-state index contributed by atoms with van der Waals surface area (Å²) in [6.45, 7) is 2.14. The molecule has 2 fully saturated rings. The van der Waals surface area contributed by atoms with Crippen LogP contribution in [0.4, 0.5) is 0 Å². The summed E-state index contributed by atoms with van der Waals surface area (Å²) in [6.07, 6.45) is 6.22. The minimum Gasteiger partial charge on any atom is -0.377 e. The van der Waals surface area contributed by atoms with Crippen molar-refractivity contribution in [2.24, 2.45) is 0 Å². The van der Waals surface area contributed by atoms with Gasteiger partial charge in [0.1, 0.15) is 0 Å². The topological polar surface area (TPSA) is 41.6 Å². The van der Waals surface area contributed by atoms with E-state index >= 15 is 0 Å². The monoisotopic (exact) mass is 226 g/mol. The minimum atomic E-state index is 0.207. The highest BCUT2D eigenvalue weighted by atomic mass is 16.5. The second-order valence-electron chi connectivity index (χ2n) is 4.86. The SMILES string of the molecule is CN(C(=O)CNCC1CCCCO1)C1CC1. The van der Waals surface area contributed by atoms with Crippen LogP contribution in [0, 0.1) is 0 Å². The highest BCUT2D eigenvalue weighted by Gasteiger charge is 2.29. The molecule has 1 unspecified atom stereocenters. The number of rotatable bonds is 5. The molecule has 2 rings (SSSR count). The van der Waals surface area contributed by atoms with E-state index in [4.69, 9.17) is 4.74 Å². The van der Waals surface area contributed by atoms with Crippen molar-refractivity contribution in [1.82, 2.24) is 10.2 Å². The van der Waals surface area contributed by atoms with Gasteiger partial charge in [0.05, 0.1) is 12.6 Å². The molecule has 1 saturated carbocycles. The van der Waals surface area contributed by atoms with Crippen molar-refractivity contribution in [3.8, 4) is 0 Å². The number of nitrogens with one attached hydrogen (secondary N) is 1. The van der Waals surface area contributed by atoms with Crippen LogP contribution in [0.25, 0.3) is 0 Å². The summed E-state index contributed by atoms with van der Waals surface area (Å²) in [6, 6.07) is 0.514. The number of carbonyl (C=O) groups excluding carboxylic acids is 1. The molecule has 92 valence electrons. The molecule has 0 spiro atoms. The maximum absolute atomic E-state index is 11.7. The second-order valence-corrected chi connectivity index (χ2v) is 4.86. The van der Waals surface area contributed by atoms with Gasteiger partial charge < -0.3 is 15.0 Å². The Morgan fingerprint density at radius 1 is 1.38 bits per heavy atom. The molecule has 1 heterocycles. The zero-order valence-corrected chi connectivity index (χ0v) is 10.1. The summed E-state index contributed by atoms with van der Waals surface area (Å²) in [5, 5.41) is 3.20. The van der Waals surface area contributed by atoms with Crippen LogP contribution in [0.1, 0.15) is 32.1 Å². The molecule has 0 aromatic rings. The molecule has 4 nitrogen and oxygen atoms in total. The van der Waals surface area contributed by atoms with Crippen LogP contribution in [0.15, 0.2) is 0 Å².